The van der Waals surface area contributed by atoms with E-state index in [1.165, 1.54) is 22.3 Å². The van der Waals surface area contributed by atoms with E-state index >= 15 is 0 Å². The first kappa shape index (κ1) is 23.3. The Morgan fingerprint density at radius 2 is 1.74 bits per heavy atom. The van der Waals surface area contributed by atoms with Gasteiger partial charge in [0.1, 0.15) is 0 Å². The van der Waals surface area contributed by atoms with Gasteiger partial charge in [0, 0.05) is 32.7 Å². The van der Waals surface area contributed by atoms with Gasteiger partial charge in [0.2, 0.25) is 0 Å². The fourth-order valence-electron chi connectivity index (χ4n) is 3.80. The molecule has 1 heterocycles. The Bertz CT molecular complexity index is 810. The number of benzene rings is 2. The summed E-state index contributed by atoms with van der Waals surface area (Å²) in [7, 11) is 0. The standard InChI is InChI=1S/C26H38N4O/c1-3-4-15-27-26(28-18-22-11-9-21(2)10-12-22)29-19-23-7-5-6-8-24(23)20-30-16-13-25(31)14-17-30/h5-12,25,31H,3-4,13-20H2,1-2H3,(H2,27,28,29). The summed E-state index contributed by atoms with van der Waals surface area (Å²) in [4.78, 5) is 7.26. The topological polar surface area (TPSA) is 59.9 Å². The van der Waals surface area contributed by atoms with Gasteiger partial charge < -0.3 is 15.7 Å². The van der Waals surface area contributed by atoms with Crippen molar-refractivity contribution in [3.05, 3.63) is 70.8 Å². The van der Waals surface area contributed by atoms with Gasteiger partial charge in [-0.2, -0.15) is 0 Å². The van der Waals surface area contributed by atoms with Crippen LogP contribution in [0.4, 0.5) is 0 Å². The van der Waals surface area contributed by atoms with Crippen LogP contribution in [0.5, 0.6) is 0 Å². The van der Waals surface area contributed by atoms with E-state index in [9.17, 15) is 5.11 Å². The van der Waals surface area contributed by atoms with E-state index in [-0.39, 0.29) is 6.10 Å². The molecule has 1 saturated heterocycles. The van der Waals surface area contributed by atoms with Gasteiger partial charge in [-0.05, 0) is 42.9 Å². The summed E-state index contributed by atoms with van der Waals surface area (Å²) in [6.07, 6.45) is 3.90. The monoisotopic (exact) mass is 422 g/mol. The first-order valence-corrected chi connectivity index (χ1v) is 11.7. The molecule has 0 aliphatic carbocycles. The highest BCUT2D eigenvalue weighted by Crippen LogP contribution is 2.16. The van der Waals surface area contributed by atoms with Crippen molar-refractivity contribution in [3.8, 4) is 0 Å². The molecule has 0 radical (unpaired) electrons. The molecule has 0 saturated carbocycles. The van der Waals surface area contributed by atoms with Crippen LogP contribution in [0.2, 0.25) is 0 Å². The molecule has 0 unspecified atom stereocenters. The van der Waals surface area contributed by atoms with Crippen molar-refractivity contribution in [1.82, 2.24) is 15.5 Å². The number of hydrogen-bond donors (Lipinski definition) is 3. The average Bonchev–Trinajstić information content (AvgIpc) is 2.79. The molecule has 1 aliphatic rings. The molecule has 3 N–H and O–H groups in total. The SMILES string of the molecule is CCCCNC(=NCc1ccc(C)cc1)NCc1ccccc1CN1CCC(O)CC1. The van der Waals surface area contributed by atoms with Crippen molar-refractivity contribution in [1.29, 1.82) is 0 Å². The van der Waals surface area contributed by atoms with Crippen molar-refractivity contribution in [2.24, 2.45) is 4.99 Å². The van der Waals surface area contributed by atoms with Gasteiger partial charge in [-0.15, -0.1) is 0 Å². The molecule has 1 fully saturated rings. The lowest BCUT2D eigenvalue weighted by molar-refractivity contribution is 0.0791. The number of aliphatic imine (C=N–C) groups is 1. The second kappa shape index (κ2) is 12.5. The smallest absolute Gasteiger partial charge is 0.191 e. The van der Waals surface area contributed by atoms with Crippen molar-refractivity contribution < 1.29 is 5.11 Å². The lowest BCUT2D eigenvalue weighted by Crippen LogP contribution is -2.38. The second-order valence-corrected chi connectivity index (χ2v) is 8.56. The Morgan fingerprint density at radius 1 is 1.03 bits per heavy atom. The first-order valence-electron chi connectivity index (χ1n) is 11.7. The third-order valence-electron chi connectivity index (χ3n) is 5.88. The minimum atomic E-state index is -0.130. The van der Waals surface area contributed by atoms with Crippen LogP contribution in [0.1, 0.15) is 54.9 Å². The highest BCUT2D eigenvalue weighted by atomic mass is 16.3. The number of nitrogens with zero attached hydrogens (tertiary/aromatic N) is 2. The number of rotatable bonds is 9. The predicted molar refractivity (Wildman–Crippen MR) is 129 cm³/mol. The zero-order chi connectivity index (χ0) is 21.9. The van der Waals surface area contributed by atoms with Crippen LogP contribution in [0.15, 0.2) is 53.5 Å². The number of aliphatic hydroxyl groups is 1. The third kappa shape index (κ3) is 8.00. The van der Waals surface area contributed by atoms with Crippen molar-refractivity contribution in [2.75, 3.05) is 19.6 Å². The molecule has 0 spiro atoms. The van der Waals surface area contributed by atoms with Crippen LogP contribution in [0.25, 0.3) is 0 Å². The molecule has 5 nitrogen and oxygen atoms in total. The van der Waals surface area contributed by atoms with E-state index in [4.69, 9.17) is 4.99 Å². The summed E-state index contributed by atoms with van der Waals surface area (Å²) in [6, 6.07) is 17.2. The second-order valence-electron chi connectivity index (χ2n) is 8.56. The molecule has 0 bridgehead atoms. The molecular formula is C26H38N4O. The summed E-state index contributed by atoms with van der Waals surface area (Å²) >= 11 is 0. The Kier molecular flexibility index (Phi) is 9.38. The van der Waals surface area contributed by atoms with Crippen LogP contribution in [0, 0.1) is 6.92 Å². The first-order chi connectivity index (χ1) is 15.1. The lowest BCUT2D eigenvalue weighted by atomic mass is 10.0. The summed E-state index contributed by atoms with van der Waals surface area (Å²) in [5, 5.41) is 16.8. The minimum absolute atomic E-state index is 0.130. The molecule has 31 heavy (non-hydrogen) atoms. The number of aryl methyl sites for hydroxylation is 1. The van der Waals surface area contributed by atoms with Gasteiger partial charge in [-0.1, -0.05) is 67.4 Å². The maximum Gasteiger partial charge on any atom is 0.191 e. The predicted octanol–water partition coefficient (Wildman–Crippen LogP) is 3.99. The molecule has 0 amide bonds. The number of hydrogen-bond acceptors (Lipinski definition) is 3. The molecule has 0 atom stereocenters. The minimum Gasteiger partial charge on any atom is -0.393 e. The molecular weight excluding hydrogens is 384 g/mol. The van der Waals surface area contributed by atoms with Gasteiger partial charge in [-0.25, -0.2) is 4.99 Å². The lowest BCUT2D eigenvalue weighted by Gasteiger charge is -2.30. The maximum atomic E-state index is 9.77. The fraction of sp³-hybridized carbons (Fsp3) is 0.500. The Hall–Kier alpha value is -2.37. The number of aliphatic hydroxyl groups excluding tert-OH is 1. The largest absolute Gasteiger partial charge is 0.393 e. The van der Waals surface area contributed by atoms with Gasteiger partial charge in [0.15, 0.2) is 5.96 Å². The van der Waals surface area contributed by atoms with Crippen LogP contribution in [0.3, 0.4) is 0 Å². The molecule has 2 aromatic carbocycles. The molecule has 0 aromatic heterocycles. The molecule has 2 aromatic rings. The van der Waals surface area contributed by atoms with E-state index in [1.54, 1.807) is 0 Å². The fourth-order valence-corrected chi connectivity index (χ4v) is 3.80. The summed E-state index contributed by atoms with van der Waals surface area (Å²) < 4.78 is 0. The highest BCUT2D eigenvalue weighted by Gasteiger charge is 2.17. The van der Waals surface area contributed by atoms with Gasteiger partial charge in [0.25, 0.3) is 0 Å². The summed E-state index contributed by atoms with van der Waals surface area (Å²) in [5.74, 6) is 0.866. The average molecular weight is 423 g/mol. The zero-order valence-electron chi connectivity index (χ0n) is 19.1. The van der Waals surface area contributed by atoms with Crippen LogP contribution in [-0.2, 0) is 19.6 Å². The molecule has 168 valence electrons. The van der Waals surface area contributed by atoms with Gasteiger partial charge in [0.05, 0.1) is 12.6 Å². The number of likely N-dealkylation sites (tertiary alicyclic amines) is 1. The summed E-state index contributed by atoms with van der Waals surface area (Å²) in [6.45, 7) is 9.51. The quantitative estimate of drug-likeness (QED) is 0.325. The molecule has 5 heteroatoms. The van der Waals surface area contributed by atoms with Gasteiger partial charge >= 0.3 is 0 Å². The normalized spacial score (nSPS) is 15.8. The van der Waals surface area contributed by atoms with Crippen molar-refractivity contribution in [3.63, 3.8) is 0 Å². The Labute approximate surface area is 187 Å². The number of piperidine rings is 1. The highest BCUT2D eigenvalue weighted by molar-refractivity contribution is 5.79. The van der Waals surface area contributed by atoms with Crippen LogP contribution < -0.4 is 10.6 Å². The zero-order valence-corrected chi connectivity index (χ0v) is 19.1. The van der Waals surface area contributed by atoms with E-state index in [1.807, 2.05) is 0 Å². The van der Waals surface area contributed by atoms with E-state index < -0.39 is 0 Å². The number of nitrogens with one attached hydrogen (secondary N) is 2. The van der Waals surface area contributed by atoms with Crippen molar-refractivity contribution in [2.45, 2.75) is 65.3 Å². The van der Waals surface area contributed by atoms with E-state index in [0.29, 0.717) is 6.54 Å². The Balaban J connectivity index is 1.62. The van der Waals surface area contributed by atoms with E-state index in [2.05, 4.69) is 77.9 Å². The number of guanidine groups is 1. The van der Waals surface area contributed by atoms with Gasteiger partial charge in [-0.3, -0.25) is 4.90 Å². The third-order valence-corrected chi connectivity index (χ3v) is 5.88. The summed E-state index contributed by atoms with van der Waals surface area (Å²) in [5.41, 5.74) is 5.13. The van der Waals surface area contributed by atoms with Crippen molar-refractivity contribution >= 4 is 5.96 Å². The number of unbranched alkanes of at least 4 members (excludes halogenated alkanes) is 1. The van der Waals surface area contributed by atoms with E-state index in [0.717, 1.165) is 64.4 Å². The maximum absolute atomic E-state index is 9.77. The Morgan fingerprint density at radius 3 is 2.45 bits per heavy atom. The van der Waals surface area contributed by atoms with Crippen LogP contribution in [-0.4, -0.2) is 41.7 Å². The van der Waals surface area contributed by atoms with Crippen LogP contribution >= 0.6 is 0 Å². The molecule has 1 aliphatic heterocycles. The molecule has 3 rings (SSSR count).